The Morgan fingerprint density at radius 1 is 1.07 bits per heavy atom. The molecule has 1 saturated carbocycles. The summed E-state index contributed by atoms with van der Waals surface area (Å²) < 4.78 is 11.3. The summed E-state index contributed by atoms with van der Waals surface area (Å²) in [5.74, 6) is 1.63. The molecule has 3 rings (SSSR count). The van der Waals surface area contributed by atoms with Crippen LogP contribution in [0.2, 0.25) is 0 Å². The van der Waals surface area contributed by atoms with E-state index in [1.807, 2.05) is 7.05 Å². The molecule has 158 valence electrons. The van der Waals surface area contributed by atoms with E-state index >= 15 is 0 Å². The number of aliphatic imine (C=N–C) groups is 1. The molecule has 1 aliphatic carbocycles. The van der Waals surface area contributed by atoms with E-state index in [1.165, 1.54) is 31.2 Å². The fraction of sp³-hybridized carbons (Fsp3) is 0.682. The van der Waals surface area contributed by atoms with Gasteiger partial charge in [0, 0.05) is 39.5 Å². The third-order valence-electron chi connectivity index (χ3n) is 5.70. The number of ether oxygens (including phenoxy) is 2. The van der Waals surface area contributed by atoms with E-state index < -0.39 is 0 Å². The summed E-state index contributed by atoms with van der Waals surface area (Å²) in [5.41, 5.74) is 1.49. The van der Waals surface area contributed by atoms with Crippen molar-refractivity contribution in [2.45, 2.75) is 63.0 Å². The number of rotatable bonds is 7. The number of benzene rings is 1. The zero-order valence-corrected chi connectivity index (χ0v) is 19.4. The third-order valence-corrected chi connectivity index (χ3v) is 5.70. The monoisotopic (exact) mass is 501 g/mol. The molecule has 1 aromatic rings. The number of guanidine groups is 1. The van der Waals surface area contributed by atoms with E-state index in [2.05, 4.69) is 46.0 Å². The molecule has 5 nitrogen and oxygen atoms in total. The normalized spacial score (nSPS) is 23.7. The van der Waals surface area contributed by atoms with Crippen LogP contribution in [0.15, 0.2) is 35.3 Å². The molecular formula is C22H36IN3O2. The van der Waals surface area contributed by atoms with Crippen LogP contribution in [-0.2, 0) is 9.47 Å². The maximum Gasteiger partial charge on any atom is 0.191 e. The second-order valence-corrected chi connectivity index (χ2v) is 7.64. The van der Waals surface area contributed by atoms with Gasteiger partial charge >= 0.3 is 0 Å². The van der Waals surface area contributed by atoms with Crippen molar-refractivity contribution in [3.05, 3.63) is 35.9 Å². The Morgan fingerprint density at radius 3 is 2.46 bits per heavy atom. The van der Waals surface area contributed by atoms with Gasteiger partial charge in [-0.05, 0) is 56.4 Å². The fourth-order valence-electron chi connectivity index (χ4n) is 4.06. The Hall–Kier alpha value is -0.860. The van der Waals surface area contributed by atoms with Crippen LogP contribution in [0, 0.1) is 0 Å². The average molecular weight is 501 g/mol. The number of halogens is 1. The molecule has 6 heteroatoms. The summed E-state index contributed by atoms with van der Waals surface area (Å²) in [7, 11) is 1.85. The Bertz CT molecular complexity index is 556. The van der Waals surface area contributed by atoms with Gasteiger partial charge in [0.25, 0.3) is 0 Å². The molecule has 1 saturated heterocycles. The van der Waals surface area contributed by atoms with E-state index in [9.17, 15) is 0 Å². The van der Waals surface area contributed by atoms with E-state index in [0.717, 1.165) is 51.6 Å². The molecule has 1 aliphatic heterocycles. The van der Waals surface area contributed by atoms with Gasteiger partial charge in [0.2, 0.25) is 0 Å². The van der Waals surface area contributed by atoms with Gasteiger partial charge in [0.05, 0.1) is 6.10 Å². The van der Waals surface area contributed by atoms with Crippen molar-refractivity contribution in [2.75, 3.05) is 33.4 Å². The first-order chi connectivity index (χ1) is 13.3. The zero-order valence-electron chi connectivity index (χ0n) is 17.1. The van der Waals surface area contributed by atoms with E-state index in [1.54, 1.807) is 0 Å². The van der Waals surface area contributed by atoms with E-state index in [4.69, 9.17) is 9.47 Å². The Labute approximate surface area is 187 Å². The molecule has 0 atom stereocenters. The maximum absolute atomic E-state index is 5.92. The molecule has 2 fully saturated rings. The summed E-state index contributed by atoms with van der Waals surface area (Å²) in [4.78, 5) is 4.38. The lowest BCUT2D eigenvalue weighted by Gasteiger charge is -2.30. The SMILES string of the molecule is CN=C(NCCCOC1CCOCC1)NC1CCC(c2ccccc2)CC1.I. The minimum absolute atomic E-state index is 0. The molecule has 2 N–H and O–H groups in total. The standard InChI is InChI=1S/C22H35N3O2.HI/c1-23-22(24-14-5-15-27-21-12-16-26-17-13-21)25-20-10-8-19(9-11-20)18-6-3-2-4-7-18;/h2-4,6-7,19-21H,5,8-17H2,1H3,(H2,23,24,25);1H. The molecule has 28 heavy (non-hydrogen) atoms. The van der Waals surface area contributed by atoms with Gasteiger partial charge in [-0.2, -0.15) is 0 Å². The lowest BCUT2D eigenvalue weighted by atomic mass is 9.82. The van der Waals surface area contributed by atoms with Crippen LogP contribution in [0.5, 0.6) is 0 Å². The van der Waals surface area contributed by atoms with Crippen molar-refractivity contribution in [3.8, 4) is 0 Å². The average Bonchev–Trinajstić information content (AvgIpc) is 2.74. The first kappa shape index (κ1) is 23.4. The summed E-state index contributed by atoms with van der Waals surface area (Å²) in [6, 6.07) is 11.5. The van der Waals surface area contributed by atoms with Gasteiger partial charge < -0.3 is 20.1 Å². The molecule has 0 spiro atoms. The van der Waals surface area contributed by atoms with Crippen molar-refractivity contribution >= 4 is 29.9 Å². The number of nitrogens with one attached hydrogen (secondary N) is 2. The van der Waals surface area contributed by atoms with Gasteiger partial charge in [0.1, 0.15) is 0 Å². The van der Waals surface area contributed by atoms with E-state index in [-0.39, 0.29) is 24.0 Å². The highest BCUT2D eigenvalue weighted by Crippen LogP contribution is 2.32. The maximum atomic E-state index is 5.92. The molecule has 2 aliphatic rings. The molecular weight excluding hydrogens is 465 g/mol. The Kier molecular flexibility index (Phi) is 11.2. The lowest BCUT2D eigenvalue weighted by molar-refractivity contribution is -0.0320. The fourth-order valence-corrected chi connectivity index (χ4v) is 4.06. The third kappa shape index (κ3) is 7.87. The predicted molar refractivity (Wildman–Crippen MR) is 126 cm³/mol. The summed E-state index contributed by atoms with van der Waals surface area (Å²) in [6.07, 6.45) is 8.34. The molecule has 0 radical (unpaired) electrons. The summed E-state index contributed by atoms with van der Waals surface area (Å²) in [5, 5.41) is 7.03. The molecule has 0 aromatic heterocycles. The topological polar surface area (TPSA) is 54.9 Å². The second-order valence-electron chi connectivity index (χ2n) is 7.64. The van der Waals surface area contributed by atoms with Gasteiger partial charge in [-0.15, -0.1) is 24.0 Å². The highest BCUT2D eigenvalue weighted by molar-refractivity contribution is 14.0. The smallest absolute Gasteiger partial charge is 0.191 e. The van der Waals surface area contributed by atoms with Crippen LogP contribution < -0.4 is 10.6 Å². The van der Waals surface area contributed by atoms with Crippen LogP contribution >= 0.6 is 24.0 Å². The number of hydrogen-bond acceptors (Lipinski definition) is 3. The van der Waals surface area contributed by atoms with E-state index in [0.29, 0.717) is 18.1 Å². The van der Waals surface area contributed by atoms with Crippen molar-refractivity contribution in [1.29, 1.82) is 0 Å². The van der Waals surface area contributed by atoms with Crippen LogP contribution in [0.4, 0.5) is 0 Å². The molecule has 0 unspecified atom stereocenters. The van der Waals surface area contributed by atoms with Gasteiger partial charge in [0.15, 0.2) is 5.96 Å². The van der Waals surface area contributed by atoms with Gasteiger partial charge in [-0.3, -0.25) is 4.99 Å². The van der Waals surface area contributed by atoms with Crippen LogP contribution in [-0.4, -0.2) is 51.5 Å². The summed E-state index contributed by atoms with van der Waals surface area (Å²) in [6.45, 7) is 3.37. The van der Waals surface area contributed by atoms with Crippen LogP contribution in [0.25, 0.3) is 0 Å². The van der Waals surface area contributed by atoms with Crippen molar-refractivity contribution in [3.63, 3.8) is 0 Å². The zero-order chi connectivity index (χ0) is 18.7. The first-order valence-electron chi connectivity index (χ1n) is 10.6. The van der Waals surface area contributed by atoms with Crippen molar-refractivity contribution in [1.82, 2.24) is 10.6 Å². The minimum atomic E-state index is 0. The predicted octanol–water partition coefficient (Wildman–Crippen LogP) is 4.08. The Balaban J connectivity index is 0.00000280. The molecule has 1 aromatic carbocycles. The number of hydrogen-bond donors (Lipinski definition) is 2. The highest BCUT2D eigenvalue weighted by atomic mass is 127. The number of nitrogens with zero attached hydrogens (tertiary/aromatic N) is 1. The van der Waals surface area contributed by atoms with Crippen LogP contribution in [0.3, 0.4) is 0 Å². The van der Waals surface area contributed by atoms with Crippen molar-refractivity contribution in [2.24, 2.45) is 4.99 Å². The van der Waals surface area contributed by atoms with Crippen molar-refractivity contribution < 1.29 is 9.47 Å². The highest BCUT2D eigenvalue weighted by Gasteiger charge is 2.22. The largest absolute Gasteiger partial charge is 0.381 e. The second kappa shape index (κ2) is 13.4. The first-order valence-corrected chi connectivity index (χ1v) is 10.6. The molecule has 0 bridgehead atoms. The molecule has 1 heterocycles. The Morgan fingerprint density at radius 2 is 1.79 bits per heavy atom. The van der Waals surface area contributed by atoms with Gasteiger partial charge in [-0.1, -0.05) is 30.3 Å². The van der Waals surface area contributed by atoms with Gasteiger partial charge in [-0.25, -0.2) is 0 Å². The minimum Gasteiger partial charge on any atom is -0.381 e. The quantitative estimate of drug-likeness (QED) is 0.256. The lowest BCUT2D eigenvalue weighted by Crippen LogP contribution is -2.45. The van der Waals surface area contributed by atoms with Crippen LogP contribution in [0.1, 0.15) is 56.4 Å². The summed E-state index contributed by atoms with van der Waals surface area (Å²) >= 11 is 0. The molecule has 0 amide bonds.